The zero-order chi connectivity index (χ0) is 17.9. The third kappa shape index (κ3) is 4.03. The molecule has 134 valence electrons. The number of benzene rings is 1. The van der Waals surface area contributed by atoms with Crippen LogP contribution in [0.5, 0.6) is 0 Å². The molecule has 5 nitrogen and oxygen atoms in total. The highest BCUT2D eigenvalue weighted by Crippen LogP contribution is 2.30. The second-order valence-corrected chi connectivity index (χ2v) is 8.11. The molecule has 0 spiro atoms. The van der Waals surface area contributed by atoms with Gasteiger partial charge in [0.25, 0.3) is 0 Å². The Labute approximate surface area is 141 Å². The minimum absolute atomic E-state index is 0.0738. The van der Waals surface area contributed by atoms with Crippen LogP contribution < -0.4 is 10.2 Å². The number of halogens is 2. The number of nitrogens with one attached hydrogen (secondary N) is 1. The number of anilines is 1. The number of hydrogen-bond acceptors (Lipinski definition) is 4. The first-order chi connectivity index (χ1) is 11.2. The smallest absolute Gasteiger partial charge is 0.341 e. The SMILES string of the molecule is CC(C)C(=O)NC1CCCN(c2ccccc2S(=O)(=O)C(F)F)C1. The van der Waals surface area contributed by atoms with Gasteiger partial charge in [-0.3, -0.25) is 4.79 Å². The predicted octanol–water partition coefficient (Wildman–Crippen LogP) is 2.42. The number of nitrogens with zero attached hydrogens (tertiary/aromatic N) is 1. The Morgan fingerprint density at radius 2 is 1.96 bits per heavy atom. The van der Waals surface area contributed by atoms with Crippen LogP contribution in [0.15, 0.2) is 29.2 Å². The van der Waals surface area contributed by atoms with Crippen molar-refractivity contribution in [1.82, 2.24) is 5.32 Å². The zero-order valence-electron chi connectivity index (χ0n) is 13.7. The van der Waals surface area contributed by atoms with E-state index in [1.54, 1.807) is 24.8 Å². The summed E-state index contributed by atoms with van der Waals surface area (Å²) in [6.45, 7) is 4.54. The molecule has 0 saturated carbocycles. The fourth-order valence-corrected chi connectivity index (χ4v) is 3.69. The average Bonchev–Trinajstić information content (AvgIpc) is 2.54. The standard InChI is InChI=1S/C16H22F2N2O3S/c1-11(2)15(21)19-12-6-5-9-20(10-12)13-7-3-4-8-14(13)24(22,23)16(17)18/h3-4,7-8,11-12,16H,5-6,9-10H2,1-2H3,(H,19,21). The summed E-state index contributed by atoms with van der Waals surface area (Å²) < 4.78 is 49.6. The average molecular weight is 360 g/mol. The van der Waals surface area contributed by atoms with Gasteiger partial charge in [0.2, 0.25) is 15.7 Å². The number of carbonyl (C=O) groups is 1. The molecule has 1 unspecified atom stereocenters. The molecule has 1 atom stereocenters. The number of alkyl halides is 2. The van der Waals surface area contributed by atoms with Crippen molar-refractivity contribution in [3.8, 4) is 0 Å². The minimum atomic E-state index is -4.67. The Morgan fingerprint density at radius 3 is 2.58 bits per heavy atom. The summed E-state index contributed by atoms with van der Waals surface area (Å²) in [6.07, 6.45) is 1.52. The van der Waals surface area contributed by atoms with Crippen LogP contribution >= 0.6 is 0 Å². The van der Waals surface area contributed by atoms with Crippen molar-refractivity contribution in [3.63, 3.8) is 0 Å². The van der Waals surface area contributed by atoms with E-state index in [1.165, 1.54) is 18.2 Å². The molecular formula is C16H22F2N2O3S. The normalized spacial score (nSPS) is 18.9. The van der Waals surface area contributed by atoms with Gasteiger partial charge in [-0.2, -0.15) is 8.78 Å². The molecule has 1 aliphatic rings. The number of amides is 1. The predicted molar refractivity (Wildman–Crippen MR) is 87.8 cm³/mol. The van der Waals surface area contributed by atoms with Gasteiger partial charge in [-0.05, 0) is 25.0 Å². The number of para-hydroxylation sites is 1. The van der Waals surface area contributed by atoms with E-state index in [4.69, 9.17) is 0 Å². The van der Waals surface area contributed by atoms with Crippen molar-refractivity contribution in [3.05, 3.63) is 24.3 Å². The van der Waals surface area contributed by atoms with Gasteiger partial charge >= 0.3 is 5.76 Å². The van der Waals surface area contributed by atoms with Crippen molar-refractivity contribution in [1.29, 1.82) is 0 Å². The van der Waals surface area contributed by atoms with E-state index in [-0.39, 0.29) is 28.4 Å². The Bertz CT molecular complexity index is 692. The lowest BCUT2D eigenvalue weighted by Crippen LogP contribution is -2.49. The summed E-state index contributed by atoms with van der Waals surface area (Å²) in [4.78, 5) is 13.2. The van der Waals surface area contributed by atoms with E-state index >= 15 is 0 Å². The third-order valence-electron chi connectivity index (χ3n) is 4.04. The number of rotatable bonds is 5. The molecule has 2 rings (SSSR count). The molecule has 1 heterocycles. The summed E-state index contributed by atoms with van der Waals surface area (Å²) in [5.74, 6) is -3.68. The quantitative estimate of drug-likeness (QED) is 0.876. The third-order valence-corrected chi connectivity index (χ3v) is 5.47. The zero-order valence-corrected chi connectivity index (χ0v) is 14.5. The molecule has 0 radical (unpaired) electrons. The van der Waals surface area contributed by atoms with Crippen LogP contribution in [0.1, 0.15) is 26.7 Å². The van der Waals surface area contributed by atoms with Crippen molar-refractivity contribution in [2.24, 2.45) is 5.92 Å². The van der Waals surface area contributed by atoms with E-state index < -0.39 is 15.6 Å². The van der Waals surface area contributed by atoms with Gasteiger partial charge in [0.05, 0.1) is 10.6 Å². The number of piperidine rings is 1. The Balaban J connectivity index is 2.24. The molecule has 0 bridgehead atoms. The molecule has 24 heavy (non-hydrogen) atoms. The van der Waals surface area contributed by atoms with Crippen molar-refractivity contribution < 1.29 is 22.0 Å². The molecule has 1 N–H and O–H groups in total. The van der Waals surface area contributed by atoms with Gasteiger partial charge < -0.3 is 10.2 Å². The fraction of sp³-hybridized carbons (Fsp3) is 0.562. The topological polar surface area (TPSA) is 66.5 Å². The van der Waals surface area contributed by atoms with Crippen LogP contribution in [0.25, 0.3) is 0 Å². The van der Waals surface area contributed by atoms with Crippen LogP contribution in [0, 0.1) is 5.92 Å². The van der Waals surface area contributed by atoms with Gasteiger partial charge in [0.1, 0.15) is 0 Å². The monoisotopic (exact) mass is 360 g/mol. The van der Waals surface area contributed by atoms with Gasteiger partial charge in [-0.15, -0.1) is 0 Å². The largest absolute Gasteiger partial charge is 0.368 e. The molecule has 1 amide bonds. The van der Waals surface area contributed by atoms with Crippen LogP contribution in [-0.4, -0.2) is 39.2 Å². The molecule has 1 fully saturated rings. The van der Waals surface area contributed by atoms with Gasteiger partial charge in [-0.25, -0.2) is 8.42 Å². The van der Waals surface area contributed by atoms with Crippen molar-refractivity contribution >= 4 is 21.4 Å². The summed E-state index contributed by atoms with van der Waals surface area (Å²) in [5.41, 5.74) is 0.265. The summed E-state index contributed by atoms with van der Waals surface area (Å²) in [7, 11) is -4.67. The van der Waals surface area contributed by atoms with Crippen LogP contribution in [0.4, 0.5) is 14.5 Å². The second kappa shape index (κ2) is 7.46. The number of sulfone groups is 1. The van der Waals surface area contributed by atoms with Crippen LogP contribution in [0.3, 0.4) is 0 Å². The van der Waals surface area contributed by atoms with E-state index in [0.717, 1.165) is 12.8 Å². The maximum atomic E-state index is 12.9. The fourth-order valence-electron chi connectivity index (χ4n) is 2.74. The highest BCUT2D eigenvalue weighted by Gasteiger charge is 2.32. The molecule has 1 aromatic rings. The molecule has 1 aliphatic heterocycles. The van der Waals surface area contributed by atoms with Crippen LogP contribution in [-0.2, 0) is 14.6 Å². The Hall–Kier alpha value is -1.70. The van der Waals surface area contributed by atoms with E-state index in [1.807, 2.05) is 0 Å². The maximum absolute atomic E-state index is 12.9. The summed E-state index contributed by atoms with van der Waals surface area (Å²) >= 11 is 0. The molecule has 1 aromatic carbocycles. The lowest BCUT2D eigenvalue weighted by molar-refractivity contribution is -0.124. The van der Waals surface area contributed by atoms with Crippen molar-refractivity contribution in [2.75, 3.05) is 18.0 Å². The first-order valence-corrected chi connectivity index (χ1v) is 9.44. The summed E-state index contributed by atoms with van der Waals surface area (Å²) in [6, 6.07) is 5.65. The first-order valence-electron chi connectivity index (χ1n) is 7.90. The van der Waals surface area contributed by atoms with Gasteiger partial charge in [0, 0.05) is 25.0 Å². The van der Waals surface area contributed by atoms with Gasteiger partial charge in [0.15, 0.2) is 0 Å². The molecule has 8 heteroatoms. The number of hydrogen-bond donors (Lipinski definition) is 1. The molecule has 1 saturated heterocycles. The molecule has 0 aliphatic carbocycles. The van der Waals surface area contributed by atoms with E-state index in [0.29, 0.717) is 13.1 Å². The minimum Gasteiger partial charge on any atom is -0.368 e. The van der Waals surface area contributed by atoms with Crippen molar-refractivity contribution in [2.45, 2.75) is 43.4 Å². The number of carbonyl (C=O) groups excluding carboxylic acids is 1. The lowest BCUT2D eigenvalue weighted by Gasteiger charge is -2.36. The Kier molecular flexibility index (Phi) is 5.79. The van der Waals surface area contributed by atoms with E-state index in [2.05, 4.69) is 5.32 Å². The Morgan fingerprint density at radius 1 is 1.29 bits per heavy atom. The molecular weight excluding hydrogens is 338 g/mol. The lowest BCUT2D eigenvalue weighted by atomic mass is 10.0. The van der Waals surface area contributed by atoms with Crippen LogP contribution in [0.2, 0.25) is 0 Å². The highest BCUT2D eigenvalue weighted by molar-refractivity contribution is 7.91. The maximum Gasteiger partial charge on any atom is 0.341 e. The van der Waals surface area contributed by atoms with Gasteiger partial charge in [-0.1, -0.05) is 26.0 Å². The second-order valence-electron chi connectivity index (χ2n) is 6.22. The first kappa shape index (κ1) is 18.6. The molecule has 0 aromatic heterocycles. The summed E-state index contributed by atoms with van der Waals surface area (Å²) in [5, 5.41) is 2.92. The highest BCUT2D eigenvalue weighted by atomic mass is 32.2. The van der Waals surface area contributed by atoms with E-state index in [9.17, 15) is 22.0 Å².